The third kappa shape index (κ3) is 5.45. The van der Waals surface area contributed by atoms with E-state index in [4.69, 9.17) is 21.1 Å². The molecule has 0 saturated heterocycles. The summed E-state index contributed by atoms with van der Waals surface area (Å²) in [5.41, 5.74) is 0.116. The average molecular weight is 412 g/mol. The van der Waals surface area contributed by atoms with Crippen LogP contribution in [0.25, 0.3) is 0 Å². The molecule has 0 fully saturated rings. The van der Waals surface area contributed by atoms with Gasteiger partial charge in [0, 0.05) is 13.1 Å². The first-order valence-electron chi connectivity index (χ1n) is 8.54. The van der Waals surface area contributed by atoms with Crippen molar-refractivity contribution in [2.24, 2.45) is 0 Å². The molecule has 0 N–H and O–H groups in total. The molecule has 2 aromatic carbocycles. The van der Waals surface area contributed by atoms with Crippen LogP contribution < -0.4 is 4.74 Å². The fourth-order valence-corrected chi connectivity index (χ4v) is 4.38. The van der Waals surface area contributed by atoms with E-state index >= 15 is 0 Å². The fraction of sp³-hybridized carbons (Fsp3) is 0.316. The number of esters is 1. The zero-order chi connectivity index (χ0) is 19.9. The molecule has 0 unspecified atom stereocenters. The topological polar surface area (TPSA) is 72.9 Å². The number of nitrogens with zero attached hydrogens (tertiary/aromatic N) is 1. The summed E-state index contributed by atoms with van der Waals surface area (Å²) in [5.74, 6) is 0.0342. The highest BCUT2D eigenvalue weighted by Gasteiger charge is 2.25. The molecule has 0 aromatic heterocycles. The predicted octanol–water partition coefficient (Wildman–Crippen LogP) is 3.61. The van der Waals surface area contributed by atoms with Gasteiger partial charge in [-0.15, -0.1) is 0 Å². The van der Waals surface area contributed by atoms with Gasteiger partial charge >= 0.3 is 5.97 Å². The van der Waals surface area contributed by atoms with Crippen molar-refractivity contribution in [1.29, 1.82) is 0 Å². The molecule has 27 heavy (non-hydrogen) atoms. The van der Waals surface area contributed by atoms with E-state index in [9.17, 15) is 13.2 Å². The maximum absolute atomic E-state index is 12.7. The van der Waals surface area contributed by atoms with Gasteiger partial charge in [-0.25, -0.2) is 13.2 Å². The number of sulfonamides is 1. The van der Waals surface area contributed by atoms with Crippen LogP contribution in [0.3, 0.4) is 0 Å². The third-order valence-electron chi connectivity index (χ3n) is 3.82. The van der Waals surface area contributed by atoms with Crippen LogP contribution in [0.15, 0.2) is 53.4 Å². The van der Waals surface area contributed by atoms with Gasteiger partial charge in [0.15, 0.2) is 0 Å². The van der Waals surface area contributed by atoms with Crippen LogP contribution in [0.5, 0.6) is 5.75 Å². The Morgan fingerprint density at radius 1 is 1.04 bits per heavy atom. The highest BCUT2D eigenvalue weighted by Crippen LogP contribution is 2.26. The number of halogens is 1. The molecule has 8 heteroatoms. The Kier molecular flexibility index (Phi) is 7.65. The number of para-hydroxylation sites is 1. The lowest BCUT2D eigenvalue weighted by Gasteiger charge is -2.19. The average Bonchev–Trinajstić information content (AvgIpc) is 2.67. The molecule has 0 heterocycles. The zero-order valence-corrected chi connectivity index (χ0v) is 16.8. The molecule has 0 spiro atoms. The quantitative estimate of drug-likeness (QED) is 0.465. The van der Waals surface area contributed by atoms with Crippen LogP contribution >= 0.6 is 11.6 Å². The van der Waals surface area contributed by atoms with Gasteiger partial charge in [-0.05, 0) is 30.3 Å². The minimum absolute atomic E-state index is 0.0362. The molecular weight excluding hydrogens is 390 g/mol. The first kappa shape index (κ1) is 21.2. The normalized spacial score (nSPS) is 11.4. The first-order valence-corrected chi connectivity index (χ1v) is 10.4. The van der Waals surface area contributed by atoms with Crippen LogP contribution in [0.4, 0.5) is 0 Å². The monoisotopic (exact) mass is 411 g/mol. The number of rotatable bonds is 9. The summed E-state index contributed by atoms with van der Waals surface area (Å²) >= 11 is 6.06. The molecular formula is C19H22ClNO5S. The van der Waals surface area contributed by atoms with Crippen LogP contribution in [-0.2, 0) is 14.8 Å². The molecule has 0 aliphatic heterocycles. The van der Waals surface area contributed by atoms with E-state index in [1.165, 1.54) is 22.5 Å². The summed E-state index contributed by atoms with van der Waals surface area (Å²) in [6, 6.07) is 13.2. The molecule has 6 nitrogen and oxygen atoms in total. The van der Waals surface area contributed by atoms with E-state index in [1.807, 2.05) is 18.2 Å². The highest BCUT2D eigenvalue weighted by molar-refractivity contribution is 7.89. The second-order valence-electron chi connectivity index (χ2n) is 5.53. The second kappa shape index (κ2) is 9.73. The maximum Gasteiger partial charge on any atom is 0.338 e. The lowest BCUT2D eigenvalue weighted by Crippen LogP contribution is -2.31. The summed E-state index contributed by atoms with van der Waals surface area (Å²) in [6.07, 6.45) is 0. The molecule has 0 saturated carbocycles. The summed E-state index contributed by atoms with van der Waals surface area (Å²) in [5, 5.41) is 0.0610. The Morgan fingerprint density at radius 3 is 2.33 bits per heavy atom. The SMILES string of the molecule is CCN(CC)S(=O)(=O)c1cc(C(=O)OCCOc2ccccc2)ccc1Cl. The van der Waals surface area contributed by atoms with Crippen molar-refractivity contribution in [3.05, 3.63) is 59.1 Å². The molecule has 146 valence electrons. The number of carbonyl (C=O) groups is 1. The van der Waals surface area contributed by atoms with Crippen molar-refractivity contribution >= 4 is 27.6 Å². The van der Waals surface area contributed by atoms with Gasteiger partial charge < -0.3 is 9.47 Å². The van der Waals surface area contributed by atoms with Gasteiger partial charge in [0.25, 0.3) is 0 Å². The fourth-order valence-electron chi connectivity index (χ4n) is 2.42. The van der Waals surface area contributed by atoms with Gasteiger partial charge in [-0.1, -0.05) is 43.6 Å². The van der Waals surface area contributed by atoms with Crippen molar-refractivity contribution in [1.82, 2.24) is 4.31 Å². The second-order valence-corrected chi connectivity index (χ2v) is 7.85. The van der Waals surface area contributed by atoms with E-state index in [1.54, 1.807) is 26.0 Å². The summed E-state index contributed by atoms with van der Waals surface area (Å²) in [6.45, 7) is 4.31. The smallest absolute Gasteiger partial charge is 0.338 e. The Bertz CT molecular complexity index is 867. The number of hydrogen-bond donors (Lipinski definition) is 0. The molecule has 0 radical (unpaired) electrons. The lowest BCUT2D eigenvalue weighted by atomic mass is 10.2. The van der Waals surface area contributed by atoms with Gasteiger partial charge in [-0.3, -0.25) is 0 Å². The van der Waals surface area contributed by atoms with E-state index in [0.717, 1.165) is 0 Å². The Balaban J connectivity index is 2.05. The largest absolute Gasteiger partial charge is 0.490 e. The van der Waals surface area contributed by atoms with E-state index in [0.29, 0.717) is 18.8 Å². The molecule has 0 atom stereocenters. The Hall–Kier alpha value is -2.09. The van der Waals surface area contributed by atoms with Gasteiger partial charge in [0.2, 0.25) is 10.0 Å². The van der Waals surface area contributed by atoms with E-state index in [2.05, 4.69) is 0 Å². The zero-order valence-electron chi connectivity index (χ0n) is 15.2. The number of carbonyl (C=O) groups excluding carboxylic acids is 1. The standard InChI is InChI=1S/C19H22ClNO5S/c1-3-21(4-2)27(23,24)18-14-15(10-11-17(18)20)19(22)26-13-12-25-16-8-6-5-7-9-16/h5-11,14H,3-4,12-13H2,1-2H3. The van der Waals surface area contributed by atoms with Crippen molar-refractivity contribution in [3.8, 4) is 5.75 Å². The molecule has 2 aromatic rings. The number of benzene rings is 2. The summed E-state index contributed by atoms with van der Waals surface area (Å²) in [7, 11) is -3.78. The van der Waals surface area contributed by atoms with Crippen LogP contribution in [0.2, 0.25) is 5.02 Å². The Morgan fingerprint density at radius 2 is 1.70 bits per heavy atom. The van der Waals surface area contributed by atoms with Crippen molar-refractivity contribution < 1.29 is 22.7 Å². The van der Waals surface area contributed by atoms with Crippen LogP contribution in [0, 0.1) is 0 Å². The van der Waals surface area contributed by atoms with Gasteiger partial charge in [0.1, 0.15) is 23.9 Å². The maximum atomic E-state index is 12.7. The first-order chi connectivity index (χ1) is 12.9. The number of ether oxygens (including phenoxy) is 2. The summed E-state index contributed by atoms with van der Waals surface area (Å²) < 4.78 is 37.2. The third-order valence-corrected chi connectivity index (χ3v) is 6.35. The molecule has 0 amide bonds. The highest BCUT2D eigenvalue weighted by atomic mass is 35.5. The Labute approximate surface area is 164 Å². The molecule has 0 aliphatic rings. The minimum atomic E-state index is -3.78. The molecule has 0 aliphatic carbocycles. The molecule has 2 rings (SSSR count). The van der Waals surface area contributed by atoms with Crippen molar-refractivity contribution in [2.45, 2.75) is 18.7 Å². The van der Waals surface area contributed by atoms with Crippen molar-refractivity contribution in [2.75, 3.05) is 26.3 Å². The van der Waals surface area contributed by atoms with E-state index in [-0.39, 0.29) is 28.7 Å². The van der Waals surface area contributed by atoms with Crippen LogP contribution in [0.1, 0.15) is 24.2 Å². The number of hydrogen-bond acceptors (Lipinski definition) is 5. The lowest BCUT2D eigenvalue weighted by molar-refractivity contribution is 0.0450. The van der Waals surface area contributed by atoms with Gasteiger partial charge in [0.05, 0.1) is 10.6 Å². The van der Waals surface area contributed by atoms with Crippen molar-refractivity contribution in [3.63, 3.8) is 0 Å². The molecule has 0 bridgehead atoms. The predicted molar refractivity (Wildman–Crippen MR) is 104 cm³/mol. The van der Waals surface area contributed by atoms with Gasteiger partial charge in [-0.2, -0.15) is 4.31 Å². The van der Waals surface area contributed by atoms with E-state index < -0.39 is 16.0 Å². The summed E-state index contributed by atoms with van der Waals surface area (Å²) in [4.78, 5) is 12.1. The minimum Gasteiger partial charge on any atom is -0.490 e. The van der Waals surface area contributed by atoms with Crippen LogP contribution in [-0.4, -0.2) is 45.0 Å².